The van der Waals surface area contributed by atoms with Crippen molar-refractivity contribution in [1.29, 1.82) is 0 Å². The molecule has 43 valence electrons. The van der Waals surface area contributed by atoms with Gasteiger partial charge in [0.05, 0.1) is 6.08 Å². The van der Waals surface area contributed by atoms with E-state index in [1.807, 2.05) is 0 Å². The van der Waals surface area contributed by atoms with Crippen LogP contribution in [0.5, 0.6) is 0 Å². The molecule has 0 aliphatic heterocycles. The number of carbonyl (C=O) groups is 2. The highest BCUT2D eigenvalue weighted by molar-refractivity contribution is 5.86. The molecule has 4 nitrogen and oxygen atoms in total. The molecule has 1 radical (unpaired) electrons. The topological polar surface area (TPSA) is 74.6 Å². The fraction of sp³-hybridized carbons (Fsp3) is 0. The lowest BCUT2D eigenvalue weighted by molar-refractivity contribution is -0.134. The van der Waals surface area contributed by atoms with Crippen LogP contribution in [0.15, 0.2) is 6.08 Å². The third-order valence-corrected chi connectivity index (χ3v) is 0.319. The lowest BCUT2D eigenvalue weighted by atomic mass is 10.5. The summed E-state index contributed by atoms with van der Waals surface area (Å²) in [7, 11) is 0. The predicted octanol–water partition coefficient (Wildman–Crippen LogP) is -0.485. The van der Waals surface area contributed by atoms with Crippen molar-refractivity contribution in [3.05, 3.63) is 12.2 Å². The molecule has 0 atom stereocenters. The van der Waals surface area contributed by atoms with Gasteiger partial charge in [-0.05, 0) is 0 Å². The molecule has 0 bridgehead atoms. The third kappa shape index (κ3) is 4.68. The minimum absolute atomic E-state index is 0.433. The zero-order chi connectivity index (χ0) is 6.57. The van der Waals surface area contributed by atoms with Gasteiger partial charge in [-0.3, -0.25) is 0 Å². The van der Waals surface area contributed by atoms with Crippen molar-refractivity contribution in [2.45, 2.75) is 0 Å². The summed E-state index contributed by atoms with van der Waals surface area (Å²) in [5, 5.41) is 15.5. The SMILES string of the molecule is O=C(O)[C]=CC(=O)O. The van der Waals surface area contributed by atoms with E-state index in [9.17, 15) is 9.59 Å². The summed E-state index contributed by atoms with van der Waals surface area (Å²) in [5.74, 6) is -2.69. The first-order chi connectivity index (χ1) is 3.63. The first kappa shape index (κ1) is 6.68. The Kier molecular flexibility index (Phi) is 2.33. The van der Waals surface area contributed by atoms with Crippen molar-refractivity contribution in [2.75, 3.05) is 0 Å². The van der Waals surface area contributed by atoms with Crippen LogP contribution in [0.2, 0.25) is 0 Å². The van der Waals surface area contributed by atoms with Crippen LogP contribution in [-0.2, 0) is 9.59 Å². The van der Waals surface area contributed by atoms with Crippen LogP contribution < -0.4 is 0 Å². The summed E-state index contributed by atoms with van der Waals surface area (Å²) in [5.41, 5.74) is 0. The molecule has 0 saturated carbocycles. The van der Waals surface area contributed by atoms with E-state index in [0.29, 0.717) is 6.08 Å². The van der Waals surface area contributed by atoms with Crippen LogP contribution in [0, 0.1) is 6.08 Å². The van der Waals surface area contributed by atoms with Gasteiger partial charge in [0.2, 0.25) is 0 Å². The highest BCUT2D eigenvalue weighted by Gasteiger charge is 1.89. The molecular formula is C4H3O4. The summed E-state index contributed by atoms with van der Waals surface area (Å²) >= 11 is 0. The Morgan fingerprint density at radius 2 is 1.88 bits per heavy atom. The molecule has 0 amide bonds. The standard InChI is InChI=1S/C4H3O4/c5-3(6)1-2-4(7)8/h1H,(H,5,6)(H,7,8). The van der Waals surface area contributed by atoms with Gasteiger partial charge in [-0.15, -0.1) is 0 Å². The Morgan fingerprint density at radius 3 is 2.00 bits per heavy atom. The molecule has 0 aromatic carbocycles. The van der Waals surface area contributed by atoms with E-state index in [-0.39, 0.29) is 0 Å². The quantitative estimate of drug-likeness (QED) is 0.476. The molecule has 0 aliphatic rings. The number of aliphatic carboxylic acids is 2. The van der Waals surface area contributed by atoms with Gasteiger partial charge in [0.25, 0.3) is 0 Å². The smallest absolute Gasteiger partial charge is 0.336 e. The summed E-state index contributed by atoms with van der Waals surface area (Å²) in [6, 6.07) is 0. The highest BCUT2D eigenvalue weighted by atomic mass is 16.4. The predicted molar refractivity (Wildman–Crippen MR) is 23.1 cm³/mol. The molecule has 2 N–H and O–H groups in total. The van der Waals surface area contributed by atoms with Gasteiger partial charge < -0.3 is 10.2 Å². The van der Waals surface area contributed by atoms with Gasteiger partial charge in [-0.1, -0.05) is 0 Å². The van der Waals surface area contributed by atoms with Crippen LogP contribution in [0.4, 0.5) is 0 Å². The lowest BCUT2D eigenvalue weighted by Gasteiger charge is -1.73. The van der Waals surface area contributed by atoms with Crippen LogP contribution >= 0.6 is 0 Å². The first-order valence-corrected chi connectivity index (χ1v) is 1.68. The number of carboxylic acid groups (broad SMARTS) is 2. The zero-order valence-electron chi connectivity index (χ0n) is 3.79. The molecule has 8 heavy (non-hydrogen) atoms. The van der Waals surface area contributed by atoms with Gasteiger partial charge in [0.15, 0.2) is 0 Å². The maximum Gasteiger partial charge on any atom is 0.336 e. The Morgan fingerprint density at radius 1 is 1.38 bits per heavy atom. The van der Waals surface area contributed by atoms with Crippen LogP contribution in [0.1, 0.15) is 0 Å². The monoisotopic (exact) mass is 115 g/mol. The molecule has 0 rings (SSSR count). The second kappa shape index (κ2) is 2.79. The summed E-state index contributed by atoms with van der Waals surface area (Å²) in [6.07, 6.45) is 1.97. The summed E-state index contributed by atoms with van der Waals surface area (Å²) in [6.45, 7) is 0. The zero-order valence-corrected chi connectivity index (χ0v) is 3.79. The average molecular weight is 115 g/mol. The van der Waals surface area contributed by atoms with E-state index in [2.05, 4.69) is 0 Å². The van der Waals surface area contributed by atoms with E-state index in [0.717, 1.165) is 0 Å². The molecule has 0 unspecified atom stereocenters. The highest BCUT2D eigenvalue weighted by Crippen LogP contribution is 1.68. The molecule has 4 heteroatoms. The number of rotatable bonds is 2. The Labute approximate surface area is 45.1 Å². The van der Waals surface area contributed by atoms with E-state index in [1.165, 1.54) is 6.08 Å². The number of hydrogen-bond acceptors (Lipinski definition) is 2. The van der Waals surface area contributed by atoms with Crippen LogP contribution in [0.3, 0.4) is 0 Å². The van der Waals surface area contributed by atoms with Crippen molar-refractivity contribution >= 4 is 11.9 Å². The second-order valence-corrected chi connectivity index (χ2v) is 0.932. The maximum atomic E-state index is 9.52. The largest absolute Gasteiger partial charge is 0.478 e. The third-order valence-electron chi connectivity index (χ3n) is 0.319. The Hall–Kier alpha value is -1.32. The molecule has 0 aromatic rings. The van der Waals surface area contributed by atoms with Crippen LogP contribution in [-0.4, -0.2) is 22.2 Å². The van der Waals surface area contributed by atoms with E-state index in [4.69, 9.17) is 10.2 Å². The molecule has 0 heterocycles. The molecule has 0 fully saturated rings. The van der Waals surface area contributed by atoms with Gasteiger partial charge in [0.1, 0.15) is 0 Å². The molecule has 0 spiro atoms. The molecular weight excluding hydrogens is 112 g/mol. The molecule has 0 saturated heterocycles. The minimum Gasteiger partial charge on any atom is -0.478 e. The summed E-state index contributed by atoms with van der Waals surface area (Å²) < 4.78 is 0. The number of hydrogen-bond donors (Lipinski definition) is 2. The van der Waals surface area contributed by atoms with Gasteiger partial charge >= 0.3 is 11.9 Å². The van der Waals surface area contributed by atoms with Gasteiger partial charge in [-0.25, -0.2) is 9.59 Å². The van der Waals surface area contributed by atoms with Gasteiger partial charge in [0, 0.05) is 6.08 Å². The van der Waals surface area contributed by atoms with E-state index >= 15 is 0 Å². The molecule has 0 aromatic heterocycles. The minimum atomic E-state index is -1.38. The normalized spacial score (nSPS) is 9.50. The van der Waals surface area contributed by atoms with Gasteiger partial charge in [-0.2, -0.15) is 0 Å². The van der Waals surface area contributed by atoms with Crippen molar-refractivity contribution in [3.63, 3.8) is 0 Å². The Balaban J connectivity index is 3.67. The number of carboxylic acids is 2. The first-order valence-electron chi connectivity index (χ1n) is 1.68. The second-order valence-electron chi connectivity index (χ2n) is 0.932. The molecule has 0 aliphatic carbocycles. The maximum absolute atomic E-state index is 9.52. The van der Waals surface area contributed by atoms with E-state index < -0.39 is 11.9 Å². The van der Waals surface area contributed by atoms with Crippen molar-refractivity contribution < 1.29 is 19.8 Å². The fourth-order valence-electron chi connectivity index (χ4n) is 0.123. The fourth-order valence-corrected chi connectivity index (χ4v) is 0.123. The van der Waals surface area contributed by atoms with Crippen LogP contribution in [0.25, 0.3) is 0 Å². The Bertz CT molecular complexity index is 119. The average Bonchev–Trinajstić information content (AvgIpc) is 1.61. The lowest BCUT2D eigenvalue weighted by Crippen LogP contribution is -1.92. The summed E-state index contributed by atoms with van der Waals surface area (Å²) in [4.78, 5) is 19.0. The van der Waals surface area contributed by atoms with Crippen molar-refractivity contribution in [1.82, 2.24) is 0 Å². The van der Waals surface area contributed by atoms with Crippen molar-refractivity contribution in [2.24, 2.45) is 0 Å². The van der Waals surface area contributed by atoms with E-state index in [1.54, 1.807) is 0 Å². The van der Waals surface area contributed by atoms with Crippen molar-refractivity contribution in [3.8, 4) is 0 Å².